The van der Waals surface area contributed by atoms with Crippen LogP contribution in [0, 0.1) is 6.92 Å². The molecule has 0 saturated carbocycles. The summed E-state index contributed by atoms with van der Waals surface area (Å²) in [6.45, 7) is 2.08. The molecule has 0 spiro atoms. The molecular weight excluding hydrogens is 296 g/mol. The van der Waals surface area contributed by atoms with Crippen LogP contribution >= 0.6 is 0 Å². The van der Waals surface area contributed by atoms with Crippen LogP contribution in [-0.2, 0) is 0 Å². The Morgan fingerprint density at radius 3 is 1.88 bits per heavy atom. The summed E-state index contributed by atoms with van der Waals surface area (Å²) >= 11 is 0. The monoisotopic (exact) mass is 312 g/mol. The first-order valence-electron chi connectivity index (χ1n) is 7.81. The van der Waals surface area contributed by atoms with Crippen LogP contribution in [0.3, 0.4) is 0 Å². The summed E-state index contributed by atoms with van der Waals surface area (Å²) in [5, 5.41) is 8.90. The fourth-order valence-electron chi connectivity index (χ4n) is 2.68. The van der Waals surface area contributed by atoms with Gasteiger partial charge in [-0.2, -0.15) is 0 Å². The number of aromatic nitrogens is 4. The Bertz CT molecular complexity index is 885. The van der Waals surface area contributed by atoms with Crippen molar-refractivity contribution >= 4 is 0 Å². The molecule has 0 bridgehead atoms. The summed E-state index contributed by atoms with van der Waals surface area (Å²) in [5.41, 5.74) is 4.28. The van der Waals surface area contributed by atoms with Gasteiger partial charge in [-0.25, -0.2) is 0 Å². The van der Waals surface area contributed by atoms with Crippen molar-refractivity contribution in [2.45, 2.75) is 6.92 Å². The van der Waals surface area contributed by atoms with Gasteiger partial charge in [0.05, 0.1) is 0 Å². The lowest BCUT2D eigenvalue weighted by atomic mass is 10.1. The van der Waals surface area contributed by atoms with Crippen LogP contribution in [0.5, 0.6) is 0 Å². The zero-order chi connectivity index (χ0) is 16.4. The lowest BCUT2D eigenvalue weighted by Crippen LogP contribution is -2.00. The maximum atomic E-state index is 4.45. The second-order valence-corrected chi connectivity index (χ2v) is 5.62. The van der Waals surface area contributed by atoms with Gasteiger partial charge in [0.25, 0.3) is 0 Å². The third-order valence-electron chi connectivity index (χ3n) is 3.93. The van der Waals surface area contributed by atoms with E-state index >= 15 is 0 Å². The molecule has 4 aromatic rings. The van der Waals surface area contributed by atoms with E-state index in [0.717, 1.165) is 28.5 Å². The van der Waals surface area contributed by atoms with Crippen molar-refractivity contribution in [1.29, 1.82) is 0 Å². The molecular formula is C20H16N4. The van der Waals surface area contributed by atoms with E-state index in [0.29, 0.717) is 0 Å². The maximum absolute atomic E-state index is 4.45. The summed E-state index contributed by atoms with van der Waals surface area (Å²) in [5.74, 6) is 1.63. The molecule has 2 aromatic carbocycles. The molecule has 0 aliphatic carbocycles. The van der Waals surface area contributed by atoms with Gasteiger partial charge in [-0.15, -0.1) is 10.2 Å². The van der Waals surface area contributed by atoms with E-state index < -0.39 is 0 Å². The number of hydrogen-bond acceptors (Lipinski definition) is 3. The molecule has 2 aromatic heterocycles. The molecule has 0 unspecified atom stereocenters. The Balaban J connectivity index is 1.96. The first-order valence-corrected chi connectivity index (χ1v) is 7.81. The third-order valence-corrected chi connectivity index (χ3v) is 3.93. The van der Waals surface area contributed by atoms with Crippen LogP contribution in [0.4, 0.5) is 0 Å². The van der Waals surface area contributed by atoms with Crippen molar-refractivity contribution in [3.63, 3.8) is 0 Å². The minimum atomic E-state index is 0.806. The SMILES string of the molecule is Cc1ccc(-n2c(-c3ccccc3)nnc2-c2ccncc2)cc1. The van der Waals surface area contributed by atoms with Crippen molar-refractivity contribution in [1.82, 2.24) is 19.7 Å². The Morgan fingerprint density at radius 2 is 1.25 bits per heavy atom. The number of pyridine rings is 1. The van der Waals surface area contributed by atoms with E-state index in [4.69, 9.17) is 0 Å². The lowest BCUT2D eigenvalue weighted by molar-refractivity contribution is 1.07. The Hall–Kier alpha value is -3.27. The second-order valence-electron chi connectivity index (χ2n) is 5.62. The quantitative estimate of drug-likeness (QED) is 0.566. The zero-order valence-corrected chi connectivity index (χ0v) is 13.3. The van der Waals surface area contributed by atoms with Crippen LogP contribution in [-0.4, -0.2) is 19.7 Å². The summed E-state index contributed by atoms with van der Waals surface area (Å²) in [6, 6.07) is 22.4. The van der Waals surface area contributed by atoms with Crippen molar-refractivity contribution in [3.8, 4) is 28.5 Å². The largest absolute Gasteiger partial charge is 0.275 e. The van der Waals surface area contributed by atoms with Gasteiger partial charge < -0.3 is 0 Å². The van der Waals surface area contributed by atoms with Gasteiger partial charge in [0.2, 0.25) is 0 Å². The molecule has 2 heterocycles. The average molecular weight is 312 g/mol. The van der Waals surface area contributed by atoms with Gasteiger partial charge >= 0.3 is 0 Å². The molecule has 0 amide bonds. The highest BCUT2D eigenvalue weighted by molar-refractivity contribution is 5.66. The van der Waals surface area contributed by atoms with Crippen LogP contribution in [0.25, 0.3) is 28.5 Å². The van der Waals surface area contributed by atoms with E-state index in [2.05, 4.69) is 50.9 Å². The predicted molar refractivity (Wildman–Crippen MR) is 94.8 cm³/mol. The fourth-order valence-corrected chi connectivity index (χ4v) is 2.68. The van der Waals surface area contributed by atoms with Gasteiger partial charge in [-0.3, -0.25) is 9.55 Å². The first-order chi connectivity index (χ1) is 11.8. The highest BCUT2D eigenvalue weighted by Gasteiger charge is 2.16. The molecule has 4 heteroatoms. The van der Waals surface area contributed by atoms with Crippen LogP contribution < -0.4 is 0 Å². The number of hydrogen-bond donors (Lipinski definition) is 0. The van der Waals surface area contributed by atoms with Crippen LogP contribution in [0.1, 0.15) is 5.56 Å². The molecule has 0 atom stereocenters. The highest BCUT2D eigenvalue weighted by atomic mass is 15.3. The van der Waals surface area contributed by atoms with E-state index in [1.807, 2.05) is 42.5 Å². The maximum Gasteiger partial charge on any atom is 0.168 e. The molecule has 0 aliphatic heterocycles. The number of rotatable bonds is 3. The molecule has 0 fully saturated rings. The number of nitrogens with zero attached hydrogens (tertiary/aromatic N) is 4. The minimum Gasteiger partial charge on any atom is -0.275 e. The molecule has 116 valence electrons. The topological polar surface area (TPSA) is 43.6 Å². The van der Waals surface area contributed by atoms with E-state index in [1.165, 1.54) is 5.56 Å². The predicted octanol–water partition coefficient (Wildman–Crippen LogP) is 4.30. The van der Waals surface area contributed by atoms with Gasteiger partial charge in [-0.05, 0) is 31.2 Å². The van der Waals surface area contributed by atoms with Gasteiger partial charge in [0.1, 0.15) is 0 Å². The van der Waals surface area contributed by atoms with Crippen molar-refractivity contribution in [2.24, 2.45) is 0 Å². The van der Waals surface area contributed by atoms with Crippen molar-refractivity contribution in [3.05, 3.63) is 84.7 Å². The molecule has 4 nitrogen and oxygen atoms in total. The summed E-state index contributed by atoms with van der Waals surface area (Å²) in [6.07, 6.45) is 3.54. The highest BCUT2D eigenvalue weighted by Crippen LogP contribution is 2.28. The Morgan fingerprint density at radius 1 is 0.667 bits per heavy atom. The normalized spacial score (nSPS) is 10.7. The average Bonchev–Trinajstić information content (AvgIpc) is 3.09. The Kier molecular flexibility index (Phi) is 3.63. The van der Waals surface area contributed by atoms with E-state index in [-0.39, 0.29) is 0 Å². The van der Waals surface area contributed by atoms with Gasteiger partial charge in [-0.1, -0.05) is 48.0 Å². The third kappa shape index (κ3) is 2.58. The van der Waals surface area contributed by atoms with Crippen LogP contribution in [0.15, 0.2) is 79.1 Å². The lowest BCUT2D eigenvalue weighted by Gasteiger charge is -2.11. The molecule has 24 heavy (non-hydrogen) atoms. The molecule has 0 aliphatic rings. The first kappa shape index (κ1) is 14.3. The van der Waals surface area contributed by atoms with E-state index in [1.54, 1.807) is 12.4 Å². The molecule has 0 N–H and O–H groups in total. The summed E-state index contributed by atoms with van der Waals surface area (Å²) in [4.78, 5) is 4.09. The fraction of sp³-hybridized carbons (Fsp3) is 0.0500. The molecule has 0 saturated heterocycles. The number of aryl methyl sites for hydroxylation is 1. The zero-order valence-electron chi connectivity index (χ0n) is 13.3. The van der Waals surface area contributed by atoms with Gasteiger partial charge in [0.15, 0.2) is 11.6 Å². The van der Waals surface area contributed by atoms with Gasteiger partial charge in [0, 0.05) is 29.2 Å². The molecule has 4 rings (SSSR count). The standard InChI is InChI=1S/C20H16N4/c1-15-7-9-18(10-8-15)24-19(16-5-3-2-4-6-16)22-23-20(24)17-11-13-21-14-12-17/h2-14H,1H3. The second kappa shape index (κ2) is 6.08. The minimum absolute atomic E-state index is 0.806. The van der Waals surface area contributed by atoms with E-state index in [9.17, 15) is 0 Å². The summed E-state index contributed by atoms with van der Waals surface area (Å²) in [7, 11) is 0. The Labute approximate surface area is 140 Å². The van der Waals surface area contributed by atoms with Crippen molar-refractivity contribution < 1.29 is 0 Å². The number of benzene rings is 2. The van der Waals surface area contributed by atoms with Crippen molar-refractivity contribution in [2.75, 3.05) is 0 Å². The van der Waals surface area contributed by atoms with Crippen LogP contribution in [0.2, 0.25) is 0 Å². The smallest absolute Gasteiger partial charge is 0.168 e. The molecule has 0 radical (unpaired) electrons. The summed E-state index contributed by atoms with van der Waals surface area (Å²) < 4.78 is 2.09.